The van der Waals surface area contributed by atoms with Crippen LogP contribution in [0, 0.1) is 0 Å². The van der Waals surface area contributed by atoms with Crippen LogP contribution in [-0.4, -0.2) is 22.3 Å². The van der Waals surface area contributed by atoms with Gasteiger partial charge in [-0.25, -0.2) is 4.79 Å². The summed E-state index contributed by atoms with van der Waals surface area (Å²) in [5.74, 6) is 0.133. The fourth-order valence-electron chi connectivity index (χ4n) is 4.25. The summed E-state index contributed by atoms with van der Waals surface area (Å²) in [6.07, 6.45) is 0.980. The van der Waals surface area contributed by atoms with Crippen molar-refractivity contribution in [3.63, 3.8) is 0 Å². The van der Waals surface area contributed by atoms with Crippen molar-refractivity contribution < 1.29 is 14.3 Å². The monoisotopic (exact) mass is 391 g/mol. The molecule has 0 saturated carbocycles. The zero-order valence-electron chi connectivity index (χ0n) is 16.8. The Hall–Kier alpha value is -2.92. The molecule has 29 heavy (non-hydrogen) atoms. The lowest BCUT2D eigenvalue weighted by atomic mass is 9.92. The van der Waals surface area contributed by atoms with Gasteiger partial charge in [-0.2, -0.15) is 0 Å². The van der Waals surface area contributed by atoms with E-state index in [1.165, 1.54) is 5.56 Å². The number of carbonyl (C=O) groups is 1. The summed E-state index contributed by atoms with van der Waals surface area (Å²) in [5.41, 5.74) is 3.57. The van der Waals surface area contributed by atoms with E-state index in [1.54, 1.807) is 19.1 Å². The van der Waals surface area contributed by atoms with Gasteiger partial charge in [0.1, 0.15) is 17.1 Å². The second kappa shape index (κ2) is 7.84. The highest BCUT2D eigenvalue weighted by Gasteiger charge is 2.25. The summed E-state index contributed by atoms with van der Waals surface area (Å²) in [7, 11) is 0. The number of phenolic OH excluding ortho intramolecular Hbond substituents is 1. The molecule has 0 saturated heterocycles. The molecule has 4 rings (SSSR count). The summed E-state index contributed by atoms with van der Waals surface area (Å²) in [6.45, 7) is 5.63. The molecule has 2 heterocycles. The standard InChI is InChI=1S/C24H25NO4/c1-15(10-16(2)26)18-11-21(27)23-20-14-25(13-17-6-4-3-5-7-17)9-8-19(20)24(28)29-22(23)12-18/h3-7,11-12,15,27H,8-10,13-14H2,1-2H3. The van der Waals surface area contributed by atoms with Crippen LogP contribution in [0.1, 0.15) is 48.4 Å². The third kappa shape index (κ3) is 3.96. The topological polar surface area (TPSA) is 70.7 Å². The average Bonchev–Trinajstić information content (AvgIpc) is 2.67. The normalized spacial score (nSPS) is 15.2. The summed E-state index contributed by atoms with van der Waals surface area (Å²) < 4.78 is 5.57. The number of benzene rings is 2. The molecular formula is C24H25NO4. The second-order valence-corrected chi connectivity index (χ2v) is 8.01. The molecular weight excluding hydrogens is 366 g/mol. The maximum Gasteiger partial charge on any atom is 0.339 e. The molecule has 2 aromatic carbocycles. The minimum Gasteiger partial charge on any atom is -0.507 e. The molecule has 3 aromatic rings. The van der Waals surface area contributed by atoms with Crippen LogP contribution >= 0.6 is 0 Å². The lowest BCUT2D eigenvalue weighted by molar-refractivity contribution is -0.117. The maximum atomic E-state index is 12.6. The van der Waals surface area contributed by atoms with Crippen molar-refractivity contribution >= 4 is 16.8 Å². The van der Waals surface area contributed by atoms with E-state index in [1.807, 2.05) is 25.1 Å². The molecule has 0 radical (unpaired) electrons. The van der Waals surface area contributed by atoms with Crippen molar-refractivity contribution in [1.29, 1.82) is 0 Å². The van der Waals surface area contributed by atoms with E-state index in [0.717, 1.165) is 24.2 Å². The van der Waals surface area contributed by atoms with E-state index in [-0.39, 0.29) is 23.1 Å². The summed E-state index contributed by atoms with van der Waals surface area (Å²) in [5, 5.41) is 11.4. The Kier molecular flexibility index (Phi) is 5.24. The Bertz CT molecular complexity index is 1120. The number of hydrogen-bond donors (Lipinski definition) is 1. The molecule has 5 heteroatoms. The number of rotatable bonds is 5. The van der Waals surface area contributed by atoms with Crippen LogP contribution in [0.4, 0.5) is 0 Å². The molecule has 0 bridgehead atoms. The van der Waals surface area contributed by atoms with Gasteiger partial charge in [-0.1, -0.05) is 37.3 Å². The zero-order chi connectivity index (χ0) is 20.5. The third-order valence-electron chi connectivity index (χ3n) is 5.69. The van der Waals surface area contributed by atoms with Crippen molar-refractivity contribution in [2.45, 2.75) is 45.7 Å². The van der Waals surface area contributed by atoms with E-state index < -0.39 is 0 Å². The first-order chi connectivity index (χ1) is 13.9. The van der Waals surface area contributed by atoms with E-state index in [4.69, 9.17) is 4.42 Å². The first-order valence-corrected chi connectivity index (χ1v) is 9.99. The summed E-state index contributed by atoms with van der Waals surface area (Å²) in [6, 6.07) is 13.7. The number of phenols is 1. The van der Waals surface area contributed by atoms with E-state index in [0.29, 0.717) is 35.9 Å². The van der Waals surface area contributed by atoms with Gasteiger partial charge in [0.15, 0.2) is 0 Å². The molecule has 1 aliphatic rings. The van der Waals surface area contributed by atoms with Gasteiger partial charge in [-0.05, 0) is 48.1 Å². The van der Waals surface area contributed by atoms with Crippen LogP contribution in [-0.2, 0) is 24.3 Å². The maximum absolute atomic E-state index is 12.6. The van der Waals surface area contributed by atoms with Crippen molar-refractivity contribution in [2.24, 2.45) is 0 Å². The highest BCUT2D eigenvalue weighted by atomic mass is 16.4. The van der Waals surface area contributed by atoms with Crippen molar-refractivity contribution in [3.05, 3.63) is 75.1 Å². The van der Waals surface area contributed by atoms with Gasteiger partial charge in [0.2, 0.25) is 0 Å². The lowest BCUT2D eigenvalue weighted by Gasteiger charge is -2.29. The highest BCUT2D eigenvalue weighted by molar-refractivity contribution is 5.88. The van der Waals surface area contributed by atoms with Gasteiger partial charge in [-0.15, -0.1) is 0 Å². The molecule has 0 aliphatic carbocycles. The first-order valence-electron chi connectivity index (χ1n) is 9.99. The minimum absolute atomic E-state index is 0.0567. The molecule has 0 fully saturated rings. The van der Waals surface area contributed by atoms with Gasteiger partial charge in [0, 0.05) is 31.6 Å². The quantitative estimate of drug-likeness (QED) is 0.662. The Morgan fingerprint density at radius 3 is 2.69 bits per heavy atom. The number of hydrogen-bond acceptors (Lipinski definition) is 5. The van der Waals surface area contributed by atoms with Crippen LogP contribution in [0.15, 0.2) is 51.7 Å². The number of aromatic hydroxyl groups is 1. The summed E-state index contributed by atoms with van der Waals surface area (Å²) in [4.78, 5) is 26.3. The van der Waals surface area contributed by atoms with Crippen molar-refractivity contribution in [1.82, 2.24) is 4.90 Å². The van der Waals surface area contributed by atoms with E-state index >= 15 is 0 Å². The molecule has 0 spiro atoms. The molecule has 1 atom stereocenters. The Balaban J connectivity index is 1.73. The molecule has 1 unspecified atom stereocenters. The summed E-state index contributed by atoms with van der Waals surface area (Å²) >= 11 is 0. The Labute approximate surface area is 169 Å². The minimum atomic E-state index is -0.331. The second-order valence-electron chi connectivity index (χ2n) is 8.01. The van der Waals surface area contributed by atoms with Gasteiger partial charge >= 0.3 is 5.63 Å². The van der Waals surface area contributed by atoms with Crippen LogP contribution < -0.4 is 5.63 Å². The van der Waals surface area contributed by atoms with Crippen LogP contribution in [0.3, 0.4) is 0 Å². The third-order valence-corrected chi connectivity index (χ3v) is 5.69. The predicted octanol–water partition coefficient (Wildman–Crippen LogP) is 4.14. The largest absolute Gasteiger partial charge is 0.507 e. The molecule has 5 nitrogen and oxygen atoms in total. The van der Waals surface area contributed by atoms with Crippen LogP contribution in [0.2, 0.25) is 0 Å². The molecule has 150 valence electrons. The SMILES string of the molecule is CC(=O)CC(C)c1cc(O)c2c3c(c(=O)oc2c1)CCN(Cc1ccccc1)C3. The molecule has 1 aliphatic heterocycles. The smallest absolute Gasteiger partial charge is 0.339 e. The van der Waals surface area contributed by atoms with E-state index in [9.17, 15) is 14.7 Å². The van der Waals surface area contributed by atoms with Crippen LogP contribution in [0.25, 0.3) is 11.0 Å². The van der Waals surface area contributed by atoms with Gasteiger partial charge in [0.05, 0.1) is 5.39 Å². The molecule has 0 amide bonds. The average molecular weight is 391 g/mol. The first kappa shape index (κ1) is 19.4. The van der Waals surface area contributed by atoms with Crippen molar-refractivity contribution in [2.75, 3.05) is 6.54 Å². The highest BCUT2D eigenvalue weighted by Crippen LogP contribution is 2.35. The van der Waals surface area contributed by atoms with E-state index in [2.05, 4.69) is 17.0 Å². The lowest BCUT2D eigenvalue weighted by Crippen LogP contribution is -2.33. The predicted molar refractivity (Wildman–Crippen MR) is 112 cm³/mol. The van der Waals surface area contributed by atoms with Gasteiger partial charge < -0.3 is 14.3 Å². The molecule has 1 N–H and O–H groups in total. The number of fused-ring (bicyclic) bond motifs is 3. The number of ketones is 1. The fourth-order valence-corrected chi connectivity index (χ4v) is 4.25. The number of carbonyl (C=O) groups excluding carboxylic acids is 1. The zero-order valence-corrected chi connectivity index (χ0v) is 16.8. The molecule has 1 aromatic heterocycles. The Morgan fingerprint density at radius 1 is 1.21 bits per heavy atom. The number of Topliss-reactive ketones (excluding diaryl/α,β-unsaturated/α-hetero) is 1. The van der Waals surface area contributed by atoms with Crippen LogP contribution in [0.5, 0.6) is 5.75 Å². The number of nitrogens with zero attached hydrogens (tertiary/aromatic N) is 1. The Morgan fingerprint density at radius 2 is 1.97 bits per heavy atom. The van der Waals surface area contributed by atoms with Gasteiger partial charge in [-0.3, -0.25) is 4.90 Å². The van der Waals surface area contributed by atoms with Crippen molar-refractivity contribution in [3.8, 4) is 5.75 Å². The fraction of sp³-hybridized carbons (Fsp3) is 0.333. The van der Waals surface area contributed by atoms with Gasteiger partial charge in [0.25, 0.3) is 0 Å².